The number of nitrogens with two attached hydrogens (primary N) is 1. The summed E-state index contributed by atoms with van der Waals surface area (Å²) in [4.78, 5) is 0. The Bertz CT molecular complexity index is 138. The fourth-order valence-corrected chi connectivity index (χ4v) is 0. The number of rotatable bonds is 1. The van der Waals surface area contributed by atoms with Gasteiger partial charge in [0.05, 0.1) is 0 Å². The molecule has 0 heterocycles. The van der Waals surface area contributed by atoms with Gasteiger partial charge in [0.1, 0.15) is 4.71 Å². The number of halogens is 1. The lowest BCUT2D eigenvalue weighted by atomic mass is 11.0. The van der Waals surface area contributed by atoms with Gasteiger partial charge in [0.25, 0.3) is 0 Å². The number of hydrogen-bond donors (Lipinski definition) is 1. The molecule has 0 saturated carbocycles. The standard InChI is InChI=1S/C2H6ClNO2S/c1-2(3)7(4,5)6/h2H,1H3,(H2,4,5,6)/t2-/m1/s1. The summed E-state index contributed by atoms with van der Waals surface area (Å²) >= 11 is 5.04. The summed E-state index contributed by atoms with van der Waals surface area (Å²) in [6.07, 6.45) is 0. The molecular weight excluding hydrogens is 138 g/mol. The Morgan fingerprint density at radius 1 is 1.71 bits per heavy atom. The van der Waals surface area contributed by atoms with Crippen LogP contribution in [0, 0.1) is 0 Å². The van der Waals surface area contributed by atoms with Crippen molar-refractivity contribution in [2.45, 2.75) is 11.6 Å². The number of hydrogen-bond acceptors (Lipinski definition) is 2. The van der Waals surface area contributed by atoms with Crippen LogP contribution in [0.4, 0.5) is 0 Å². The summed E-state index contributed by atoms with van der Waals surface area (Å²) in [5.41, 5.74) is 0. The first-order chi connectivity index (χ1) is 2.94. The molecule has 0 aromatic rings. The van der Waals surface area contributed by atoms with Gasteiger partial charge in [0.2, 0.25) is 10.0 Å². The van der Waals surface area contributed by atoms with Crippen LogP contribution in [-0.2, 0) is 10.0 Å². The zero-order chi connectivity index (χ0) is 6.08. The van der Waals surface area contributed by atoms with Gasteiger partial charge >= 0.3 is 0 Å². The van der Waals surface area contributed by atoms with Crippen molar-refractivity contribution in [3.8, 4) is 0 Å². The van der Waals surface area contributed by atoms with E-state index >= 15 is 0 Å². The first-order valence-corrected chi connectivity index (χ1v) is 3.65. The minimum Gasteiger partial charge on any atom is -0.227 e. The fourth-order valence-electron chi connectivity index (χ4n) is 0. The van der Waals surface area contributed by atoms with E-state index in [2.05, 4.69) is 5.14 Å². The maximum Gasteiger partial charge on any atom is 0.225 e. The minimum absolute atomic E-state index is 0.979. The minimum atomic E-state index is -3.48. The van der Waals surface area contributed by atoms with E-state index in [4.69, 9.17) is 11.6 Å². The van der Waals surface area contributed by atoms with Crippen LogP contribution in [0.1, 0.15) is 6.92 Å². The van der Waals surface area contributed by atoms with Gasteiger partial charge in [-0.1, -0.05) is 0 Å². The SMILES string of the molecule is C[C@H](Cl)S(N)(=O)=O. The maximum atomic E-state index is 9.98. The zero-order valence-electron chi connectivity index (χ0n) is 3.76. The molecule has 0 saturated heterocycles. The van der Waals surface area contributed by atoms with Crippen molar-refractivity contribution < 1.29 is 8.42 Å². The predicted octanol–water partition coefficient (Wildman–Crippen LogP) is -0.140. The second-order valence-corrected chi connectivity index (χ2v) is 3.93. The predicted molar refractivity (Wildman–Crippen MR) is 28.4 cm³/mol. The molecule has 0 aliphatic heterocycles. The van der Waals surface area contributed by atoms with Crippen molar-refractivity contribution in [1.82, 2.24) is 0 Å². The summed E-state index contributed by atoms with van der Waals surface area (Å²) in [5.74, 6) is 0. The largest absolute Gasteiger partial charge is 0.227 e. The highest BCUT2D eigenvalue weighted by Crippen LogP contribution is 1.97. The number of primary sulfonamides is 1. The third-order valence-electron chi connectivity index (χ3n) is 0.453. The van der Waals surface area contributed by atoms with E-state index in [1.54, 1.807) is 0 Å². The van der Waals surface area contributed by atoms with E-state index in [1.807, 2.05) is 0 Å². The third kappa shape index (κ3) is 2.85. The first-order valence-electron chi connectivity index (χ1n) is 1.60. The molecule has 44 valence electrons. The molecule has 2 N–H and O–H groups in total. The van der Waals surface area contributed by atoms with Crippen LogP contribution < -0.4 is 5.14 Å². The molecule has 1 atom stereocenters. The van der Waals surface area contributed by atoms with Crippen LogP contribution >= 0.6 is 11.6 Å². The molecular formula is C2H6ClNO2S. The normalized spacial score (nSPS) is 16.4. The smallest absolute Gasteiger partial charge is 0.225 e. The lowest BCUT2D eigenvalue weighted by molar-refractivity contribution is 0.596. The Kier molecular flexibility index (Phi) is 2.04. The maximum absolute atomic E-state index is 9.98. The van der Waals surface area contributed by atoms with Crippen LogP contribution in [0.3, 0.4) is 0 Å². The van der Waals surface area contributed by atoms with Crippen molar-refractivity contribution >= 4 is 21.6 Å². The monoisotopic (exact) mass is 143 g/mol. The molecule has 0 unspecified atom stereocenters. The van der Waals surface area contributed by atoms with Crippen molar-refractivity contribution in [1.29, 1.82) is 0 Å². The molecule has 0 fully saturated rings. The van der Waals surface area contributed by atoms with Crippen molar-refractivity contribution in [2.24, 2.45) is 5.14 Å². The highest BCUT2D eigenvalue weighted by molar-refractivity contribution is 7.91. The topological polar surface area (TPSA) is 60.2 Å². The van der Waals surface area contributed by atoms with Gasteiger partial charge < -0.3 is 0 Å². The van der Waals surface area contributed by atoms with E-state index < -0.39 is 14.7 Å². The average molecular weight is 144 g/mol. The Labute approximate surface area is 47.5 Å². The Hall–Kier alpha value is 0.200. The van der Waals surface area contributed by atoms with Crippen molar-refractivity contribution in [2.75, 3.05) is 0 Å². The van der Waals surface area contributed by atoms with Gasteiger partial charge in [0, 0.05) is 0 Å². The zero-order valence-corrected chi connectivity index (χ0v) is 5.33. The summed E-state index contributed by atoms with van der Waals surface area (Å²) in [6, 6.07) is 0. The lowest BCUT2D eigenvalue weighted by Gasteiger charge is -1.93. The van der Waals surface area contributed by atoms with Gasteiger partial charge in [-0.3, -0.25) is 0 Å². The molecule has 0 aromatic carbocycles. The quantitative estimate of drug-likeness (QED) is 0.520. The van der Waals surface area contributed by atoms with Gasteiger partial charge in [-0.05, 0) is 6.92 Å². The van der Waals surface area contributed by atoms with E-state index in [0.29, 0.717) is 0 Å². The van der Waals surface area contributed by atoms with Gasteiger partial charge in [-0.15, -0.1) is 11.6 Å². The second kappa shape index (κ2) is 1.98. The van der Waals surface area contributed by atoms with Crippen LogP contribution in [0.25, 0.3) is 0 Å². The van der Waals surface area contributed by atoms with Gasteiger partial charge in [-0.2, -0.15) is 0 Å². The molecule has 3 nitrogen and oxygen atoms in total. The van der Waals surface area contributed by atoms with Crippen molar-refractivity contribution in [3.05, 3.63) is 0 Å². The Balaban J connectivity index is 4.10. The highest BCUT2D eigenvalue weighted by Gasteiger charge is 2.09. The molecule has 5 heteroatoms. The van der Waals surface area contributed by atoms with Crippen LogP contribution in [0.5, 0.6) is 0 Å². The van der Waals surface area contributed by atoms with Gasteiger partial charge in [0.15, 0.2) is 0 Å². The number of alkyl halides is 1. The van der Waals surface area contributed by atoms with Crippen LogP contribution in [0.2, 0.25) is 0 Å². The summed E-state index contributed by atoms with van der Waals surface area (Å²) in [5, 5.41) is 4.52. The lowest BCUT2D eigenvalue weighted by Crippen LogP contribution is -2.20. The van der Waals surface area contributed by atoms with E-state index in [-0.39, 0.29) is 0 Å². The molecule has 0 radical (unpaired) electrons. The Morgan fingerprint density at radius 3 is 1.86 bits per heavy atom. The molecule has 7 heavy (non-hydrogen) atoms. The van der Waals surface area contributed by atoms with Crippen LogP contribution in [-0.4, -0.2) is 13.1 Å². The molecule has 0 spiro atoms. The molecule has 0 bridgehead atoms. The molecule has 0 aliphatic carbocycles. The highest BCUT2D eigenvalue weighted by atomic mass is 35.5. The Morgan fingerprint density at radius 2 is 1.86 bits per heavy atom. The molecule has 0 rings (SSSR count). The van der Waals surface area contributed by atoms with Crippen LogP contribution in [0.15, 0.2) is 0 Å². The van der Waals surface area contributed by atoms with Crippen molar-refractivity contribution in [3.63, 3.8) is 0 Å². The van der Waals surface area contributed by atoms with E-state index in [0.717, 1.165) is 0 Å². The third-order valence-corrected chi connectivity index (χ3v) is 2.10. The molecule has 0 aromatic heterocycles. The summed E-state index contributed by atoms with van der Waals surface area (Å²) in [6.45, 7) is 1.30. The molecule has 0 aliphatic rings. The molecule has 0 amide bonds. The second-order valence-electron chi connectivity index (χ2n) is 1.13. The first kappa shape index (κ1) is 7.20. The number of sulfonamides is 1. The van der Waals surface area contributed by atoms with E-state index in [9.17, 15) is 8.42 Å². The van der Waals surface area contributed by atoms with E-state index in [1.165, 1.54) is 6.92 Å². The fraction of sp³-hybridized carbons (Fsp3) is 1.00. The summed E-state index contributed by atoms with van der Waals surface area (Å²) in [7, 11) is -3.48. The summed E-state index contributed by atoms with van der Waals surface area (Å²) < 4.78 is 19.0. The van der Waals surface area contributed by atoms with Gasteiger partial charge in [-0.25, -0.2) is 13.6 Å². The average Bonchev–Trinajstić information content (AvgIpc) is 1.31.